The van der Waals surface area contributed by atoms with Gasteiger partial charge in [0, 0.05) is 49.4 Å². The molecule has 2 aromatic rings. The highest BCUT2D eigenvalue weighted by molar-refractivity contribution is 7.89. The van der Waals surface area contributed by atoms with E-state index in [9.17, 15) is 23.1 Å². The maximum absolute atomic E-state index is 14.2. The summed E-state index contributed by atoms with van der Waals surface area (Å²) in [7, 11) is -2.33. The predicted molar refractivity (Wildman–Crippen MR) is 175 cm³/mol. The van der Waals surface area contributed by atoms with Crippen LogP contribution in [-0.2, 0) is 14.8 Å². The lowest BCUT2D eigenvalue weighted by atomic mass is 10.0. The largest absolute Gasteiger partial charge is 0.490 e. The van der Waals surface area contributed by atoms with Crippen molar-refractivity contribution in [1.29, 1.82) is 0 Å². The van der Waals surface area contributed by atoms with Crippen molar-refractivity contribution in [2.45, 2.75) is 83.1 Å². The fraction of sp³-hybridized carbons (Fsp3) is 0.562. The van der Waals surface area contributed by atoms with Crippen molar-refractivity contribution in [3.05, 3.63) is 53.1 Å². The van der Waals surface area contributed by atoms with E-state index in [1.807, 2.05) is 27.7 Å². The Balaban J connectivity index is 1.96. The van der Waals surface area contributed by atoms with Gasteiger partial charge in [0.05, 0.1) is 35.3 Å². The molecule has 3 rings (SSSR count). The molecule has 0 radical (unpaired) electrons. The number of benzene rings is 2. The maximum atomic E-state index is 14.2. The molecule has 3 amide bonds. The molecule has 0 unspecified atom stereocenters. The Kier molecular flexibility index (Phi) is 13.5. The number of aliphatic hydroxyl groups excluding tert-OH is 1. The molecule has 0 aromatic heterocycles. The Morgan fingerprint density at radius 1 is 1.13 bits per heavy atom. The minimum Gasteiger partial charge on any atom is -0.490 e. The third-order valence-corrected chi connectivity index (χ3v) is 9.78. The Labute approximate surface area is 272 Å². The van der Waals surface area contributed by atoms with Crippen molar-refractivity contribution >= 4 is 39.2 Å². The van der Waals surface area contributed by atoms with Crippen LogP contribution in [0.4, 0.5) is 10.5 Å². The van der Waals surface area contributed by atoms with E-state index in [1.54, 1.807) is 30.0 Å². The lowest BCUT2D eigenvalue weighted by Gasteiger charge is -2.35. The summed E-state index contributed by atoms with van der Waals surface area (Å²) in [6.07, 6.45) is 1.47. The van der Waals surface area contributed by atoms with Crippen molar-refractivity contribution < 1.29 is 32.6 Å². The number of fused-ring (bicyclic) bond motifs is 1. The third-order valence-electron chi connectivity index (χ3n) is 7.69. The molecule has 0 bridgehead atoms. The zero-order chi connectivity index (χ0) is 33.3. The van der Waals surface area contributed by atoms with Gasteiger partial charge in [-0.05, 0) is 89.4 Å². The molecular formula is C32H47ClN4O7S. The van der Waals surface area contributed by atoms with Crippen LogP contribution < -0.4 is 15.4 Å². The number of hydrogen-bond donors (Lipinski definition) is 3. The molecule has 0 fully saturated rings. The van der Waals surface area contributed by atoms with Gasteiger partial charge in [-0.2, -0.15) is 4.31 Å². The van der Waals surface area contributed by atoms with Crippen molar-refractivity contribution in [2.75, 3.05) is 38.7 Å². The number of carbonyl (C=O) groups is 2. The molecule has 250 valence electrons. The van der Waals surface area contributed by atoms with Crippen LogP contribution in [0.2, 0.25) is 5.02 Å². The van der Waals surface area contributed by atoms with Crippen molar-refractivity contribution in [3.8, 4) is 5.75 Å². The monoisotopic (exact) mass is 666 g/mol. The standard InChI is InChI=1S/C32H47ClN4O7S/c1-21(2)34-32(40)35-26-12-15-29-28(17-26)31(39)37(23(4)20-38)18-22(3)30(43-16-8-7-9-24(5)44-29)19-36(6)45(41,42)27-13-10-25(33)11-14-27/h10-15,17,21-24,30,38H,7-9,16,18-20H2,1-6H3,(H2,34,35,40)/t22-,23-,24-,30+/m0/s1. The number of carbonyl (C=O) groups excluding carboxylic acids is 2. The molecule has 0 saturated heterocycles. The van der Waals surface area contributed by atoms with Crippen LogP contribution in [0.1, 0.15) is 64.2 Å². The summed E-state index contributed by atoms with van der Waals surface area (Å²) in [5.41, 5.74) is 0.658. The molecule has 0 spiro atoms. The Bertz CT molecular complexity index is 1390. The predicted octanol–water partition coefficient (Wildman–Crippen LogP) is 4.99. The number of hydrogen-bond acceptors (Lipinski definition) is 7. The SMILES string of the molecule is CC(C)NC(=O)Nc1ccc2c(c1)C(=O)N([C@@H](C)CO)C[C@H](C)[C@@H](CN(C)S(=O)(=O)c1ccc(Cl)cc1)OCCCC[C@H](C)O2. The molecular weight excluding hydrogens is 620 g/mol. The van der Waals surface area contributed by atoms with Gasteiger partial charge in [-0.1, -0.05) is 18.5 Å². The molecule has 1 aliphatic heterocycles. The number of ether oxygens (including phenoxy) is 2. The maximum Gasteiger partial charge on any atom is 0.319 e. The van der Waals surface area contributed by atoms with E-state index >= 15 is 0 Å². The molecule has 45 heavy (non-hydrogen) atoms. The van der Waals surface area contributed by atoms with Crippen LogP contribution in [0.15, 0.2) is 47.4 Å². The van der Waals surface area contributed by atoms with Crippen molar-refractivity contribution in [2.24, 2.45) is 5.92 Å². The van der Waals surface area contributed by atoms with Crippen LogP contribution in [0.5, 0.6) is 5.75 Å². The lowest BCUT2D eigenvalue weighted by Crippen LogP contribution is -2.48. The van der Waals surface area contributed by atoms with Crippen molar-refractivity contribution in [3.63, 3.8) is 0 Å². The fourth-order valence-electron chi connectivity index (χ4n) is 5.03. The normalized spacial score (nSPS) is 21.1. The van der Waals surface area contributed by atoms with E-state index in [0.717, 1.165) is 12.8 Å². The van der Waals surface area contributed by atoms with E-state index < -0.39 is 34.1 Å². The molecule has 13 heteroatoms. The molecule has 1 heterocycles. The summed E-state index contributed by atoms with van der Waals surface area (Å²) >= 11 is 5.97. The minimum absolute atomic E-state index is 0.0524. The summed E-state index contributed by atoms with van der Waals surface area (Å²) in [6, 6.07) is 9.88. The number of urea groups is 1. The average molecular weight is 667 g/mol. The second-order valence-corrected chi connectivity index (χ2v) is 14.5. The molecule has 11 nitrogen and oxygen atoms in total. The number of likely N-dealkylation sites (N-methyl/N-ethyl adjacent to an activating group) is 1. The van der Waals surface area contributed by atoms with Gasteiger partial charge in [0.2, 0.25) is 10.0 Å². The van der Waals surface area contributed by atoms with E-state index in [4.69, 9.17) is 21.1 Å². The van der Waals surface area contributed by atoms with E-state index in [1.165, 1.54) is 35.6 Å². The van der Waals surface area contributed by atoms with Crippen LogP contribution in [0, 0.1) is 5.92 Å². The number of aliphatic hydroxyl groups is 1. The number of nitrogens with zero attached hydrogens (tertiary/aromatic N) is 2. The zero-order valence-corrected chi connectivity index (χ0v) is 28.5. The first-order chi connectivity index (χ1) is 21.2. The zero-order valence-electron chi connectivity index (χ0n) is 27.0. The highest BCUT2D eigenvalue weighted by atomic mass is 35.5. The summed E-state index contributed by atoms with van der Waals surface area (Å²) in [6.45, 7) is 9.59. The van der Waals surface area contributed by atoms with Gasteiger partial charge in [0.25, 0.3) is 5.91 Å². The third kappa shape index (κ3) is 10.3. The van der Waals surface area contributed by atoms with Gasteiger partial charge >= 0.3 is 6.03 Å². The summed E-state index contributed by atoms with van der Waals surface area (Å²) in [5, 5.41) is 16.1. The van der Waals surface area contributed by atoms with Crippen LogP contribution in [0.3, 0.4) is 0 Å². The lowest BCUT2D eigenvalue weighted by molar-refractivity contribution is -0.00833. The topological polar surface area (TPSA) is 138 Å². The Morgan fingerprint density at radius 3 is 2.47 bits per heavy atom. The average Bonchev–Trinajstić information content (AvgIpc) is 2.98. The van der Waals surface area contributed by atoms with E-state index in [0.29, 0.717) is 29.5 Å². The summed E-state index contributed by atoms with van der Waals surface area (Å²) < 4.78 is 40.5. The molecule has 2 aromatic carbocycles. The van der Waals surface area contributed by atoms with Gasteiger partial charge in [0.15, 0.2) is 0 Å². The van der Waals surface area contributed by atoms with Gasteiger partial charge in [0.1, 0.15) is 5.75 Å². The molecule has 3 N–H and O–H groups in total. The molecule has 0 aliphatic carbocycles. The smallest absolute Gasteiger partial charge is 0.319 e. The summed E-state index contributed by atoms with van der Waals surface area (Å²) in [5.74, 6) is -0.338. The van der Waals surface area contributed by atoms with Crippen LogP contribution in [-0.4, -0.2) is 92.3 Å². The van der Waals surface area contributed by atoms with Gasteiger partial charge in [-0.15, -0.1) is 0 Å². The summed E-state index contributed by atoms with van der Waals surface area (Å²) in [4.78, 5) is 28.3. The highest BCUT2D eigenvalue weighted by Crippen LogP contribution is 2.29. The van der Waals surface area contributed by atoms with Gasteiger partial charge in [-0.25, -0.2) is 13.2 Å². The first-order valence-electron chi connectivity index (χ1n) is 15.4. The van der Waals surface area contributed by atoms with Gasteiger partial charge < -0.3 is 30.1 Å². The number of rotatable bonds is 8. The molecule has 1 aliphatic rings. The van der Waals surface area contributed by atoms with Crippen molar-refractivity contribution in [1.82, 2.24) is 14.5 Å². The number of sulfonamides is 1. The quantitative estimate of drug-likeness (QED) is 0.361. The second kappa shape index (κ2) is 16.6. The number of nitrogens with one attached hydrogen (secondary N) is 2. The first kappa shape index (κ1) is 36.6. The fourth-order valence-corrected chi connectivity index (χ4v) is 6.34. The highest BCUT2D eigenvalue weighted by Gasteiger charge is 2.32. The van der Waals surface area contributed by atoms with E-state index in [-0.39, 0.29) is 48.2 Å². The Hall–Kier alpha value is -2.90. The van der Waals surface area contributed by atoms with E-state index in [2.05, 4.69) is 10.6 Å². The molecule has 0 saturated carbocycles. The number of halogens is 1. The van der Waals surface area contributed by atoms with Crippen LogP contribution >= 0.6 is 11.6 Å². The molecule has 4 atom stereocenters. The second-order valence-electron chi connectivity index (χ2n) is 12.0. The van der Waals surface area contributed by atoms with Gasteiger partial charge in [-0.3, -0.25) is 4.79 Å². The van der Waals surface area contributed by atoms with Crippen LogP contribution in [0.25, 0.3) is 0 Å². The minimum atomic E-state index is -3.84. The number of amides is 3. The first-order valence-corrected chi connectivity index (χ1v) is 17.2. The number of anilines is 1. The Morgan fingerprint density at radius 2 is 1.82 bits per heavy atom.